The Morgan fingerprint density at radius 1 is 1.21 bits per heavy atom. The van der Waals surface area contributed by atoms with Crippen molar-refractivity contribution in [2.75, 3.05) is 0 Å². The minimum Gasteiger partial charge on any atom is -0.478 e. The molecule has 0 aliphatic carbocycles. The third kappa shape index (κ3) is 2.40. The van der Waals surface area contributed by atoms with Crippen LogP contribution < -0.4 is 0 Å². The van der Waals surface area contributed by atoms with Gasteiger partial charge in [0.15, 0.2) is 0 Å². The number of rotatable bonds is 3. The molecule has 0 amide bonds. The van der Waals surface area contributed by atoms with Crippen LogP contribution >= 0.6 is 22.7 Å². The number of hydrogen-bond acceptors (Lipinski definition) is 5. The van der Waals surface area contributed by atoms with E-state index in [0.29, 0.717) is 0 Å². The summed E-state index contributed by atoms with van der Waals surface area (Å²) in [6.45, 7) is 0. The van der Waals surface area contributed by atoms with Crippen molar-refractivity contribution in [3.8, 4) is 22.0 Å². The number of nitrogens with zero attached hydrogens (tertiary/aromatic N) is 2. The first-order valence-electron chi connectivity index (χ1n) is 5.42. The normalized spacial score (nSPS) is 10.5. The van der Waals surface area contributed by atoms with Gasteiger partial charge < -0.3 is 5.11 Å². The predicted octanol–water partition coefficient (Wildman–Crippen LogP) is 3.63. The van der Waals surface area contributed by atoms with Gasteiger partial charge in [-0.2, -0.15) is 0 Å². The maximum atomic E-state index is 11.0. The van der Waals surface area contributed by atoms with Gasteiger partial charge in [0, 0.05) is 16.3 Å². The summed E-state index contributed by atoms with van der Waals surface area (Å²) in [5, 5.41) is 13.6. The van der Waals surface area contributed by atoms with Gasteiger partial charge in [-0.1, -0.05) is 12.1 Å². The highest BCUT2D eigenvalue weighted by atomic mass is 32.1. The summed E-state index contributed by atoms with van der Waals surface area (Å²) in [4.78, 5) is 19.7. The molecule has 0 aliphatic rings. The Kier molecular flexibility index (Phi) is 3.10. The van der Waals surface area contributed by atoms with Crippen LogP contribution in [0.2, 0.25) is 0 Å². The molecule has 6 heteroatoms. The molecule has 2 heterocycles. The number of carboxylic acids is 1. The lowest BCUT2D eigenvalue weighted by Gasteiger charge is -1.98. The van der Waals surface area contributed by atoms with Gasteiger partial charge in [-0.3, -0.25) is 0 Å². The number of aromatic carboxylic acids is 1. The van der Waals surface area contributed by atoms with Gasteiger partial charge in [0.25, 0.3) is 0 Å². The quantitative estimate of drug-likeness (QED) is 0.799. The number of carboxylic acid groups (broad SMARTS) is 1. The minimum absolute atomic E-state index is 0.267. The average molecular weight is 288 g/mol. The molecule has 0 fully saturated rings. The van der Waals surface area contributed by atoms with Gasteiger partial charge in [-0.15, -0.1) is 22.7 Å². The first kappa shape index (κ1) is 12.0. The largest absolute Gasteiger partial charge is 0.478 e. The molecule has 3 rings (SSSR count). The monoisotopic (exact) mass is 288 g/mol. The van der Waals surface area contributed by atoms with Gasteiger partial charge in [-0.05, 0) is 12.1 Å². The van der Waals surface area contributed by atoms with Crippen LogP contribution in [0.1, 0.15) is 10.4 Å². The smallest absolute Gasteiger partial charge is 0.335 e. The first-order valence-corrected chi connectivity index (χ1v) is 7.24. The molecule has 0 radical (unpaired) electrons. The summed E-state index contributed by atoms with van der Waals surface area (Å²) >= 11 is 3.00. The van der Waals surface area contributed by atoms with E-state index < -0.39 is 5.97 Å². The summed E-state index contributed by atoms with van der Waals surface area (Å²) in [5.41, 5.74) is 4.51. The van der Waals surface area contributed by atoms with Crippen LogP contribution in [0.5, 0.6) is 0 Å². The molecule has 1 N–H and O–H groups in total. The Morgan fingerprint density at radius 2 is 2.11 bits per heavy atom. The summed E-state index contributed by atoms with van der Waals surface area (Å²) in [5.74, 6) is -0.932. The highest BCUT2D eigenvalue weighted by Crippen LogP contribution is 2.29. The van der Waals surface area contributed by atoms with Gasteiger partial charge in [-0.25, -0.2) is 14.8 Å². The van der Waals surface area contributed by atoms with Crippen molar-refractivity contribution >= 4 is 28.6 Å². The lowest BCUT2D eigenvalue weighted by Crippen LogP contribution is -1.95. The molecule has 2 aromatic heterocycles. The van der Waals surface area contributed by atoms with Crippen LogP contribution in [0.3, 0.4) is 0 Å². The van der Waals surface area contributed by atoms with E-state index in [1.165, 1.54) is 22.7 Å². The predicted molar refractivity (Wildman–Crippen MR) is 75.6 cm³/mol. The fourth-order valence-electron chi connectivity index (χ4n) is 1.65. The number of hydrogen-bond donors (Lipinski definition) is 1. The molecule has 0 unspecified atom stereocenters. The number of carbonyl (C=O) groups is 1. The summed E-state index contributed by atoms with van der Waals surface area (Å²) in [6, 6.07) is 6.78. The summed E-state index contributed by atoms with van der Waals surface area (Å²) in [7, 11) is 0. The Hall–Kier alpha value is -2.05. The van der Waals surface area contributed by atoms with E-state index in [-0.39, 0.29) is 5.56 Å². The molecule has 94 valence electrons. The topological polar surface area (TPSA) is 63.1 Å². The van der Waals surface area contributed by atoms with Crippen LogP contribution in [-0.4, -0.2) is 21.0 Å². The van der Waals surface area contributed by atoms with Crippen molar-refractivity contribution in [3.05, 3.63) is 46.1 Å². The molecular weight excluding hydrogens is 280 g/mol. The van der Waals surface area contributed by atoms with Crippen LogP contribution in [-0.2, 0) is 0 Å². The molecule has 19 heavy (non-hydrogen) atoms. The van der Waals surface area contributed by atoms with Crippen LogP contribution in [0, 0.1) is 0 Å². The molecule has 0 bridgehead atoms. The average Bonchev–Trinajstić information content (AvgIpc) is 3.09. The molecule has 1 aromatic carbocycles. The number of thiazole rings is 2. The second kappa shape index (κ2) is 4.91. The number of benzene rings is 1. The molecule has 0 aliphatic heterocycles. The molecule has 0 spiro atoms. The van der Waals surface area contributed by atoms with Crippen LogP contribution in [0.4, 0.5) is 0 Å². The second-order valence-corrected chi connectivity index (χ2v) is 5.37. The van der Waals surface area contributed by atoms with E-state index in [2.05, 4.69) is 9.97 Å². The van der Waals surface area contributed by atoms with Crippen molar-refractivity contribution in [1.29, 1.82) is 0 Å². The Labute approximate surface area is 117 Å². The fourth-order valence-corrected chi connectivity index (χ4v) is 3.00. The molecule has 0 saturated carbocycles. The zero-order chi connectivity index (χ0) is 13.2. The Balaban J connectivity index is 1.99. The maximum Gasteiger partial charge on any atom is 0.335 e. The zero-order valence-electron chi connectivity index (χ0n) is 9.61. The molecular formula is C13H8N2O2S2. The highest BCUT2D eigenvalue weighted by Gasteiger charge is 2.10. The van der Waals surface area contributed by atoms with Crippen molar-refractivity contribution in [2.24, 2.45) is 0 Å². The van der Waals surface area contributed by atoms with E-state index >= 15 is 0 Å². The molecule has 3 aromatic rings. The Bertz CT molecular complexity index is 720. The van der Waals surface area contributed by atoms with Crippen molar-refractivity contribution in [1.82, 2.24) is 9.97 Å². The zero-order valence-corrected chi connectivity index (χ0v) is 11.2. The molecule has 0 saturated heterocycles. The van der Waals surface area contributed by atoms with Crippen LogP contribution in [0.25, 0.3) is 22.0 Å². The second-order valence-electron chi connectivity index (χ2n) is 3.80. The SMILES string of the molecule is O=C(O)c1cccc(-c2nc(-c3cscn3)cs2)c1. The Morgan fingerprint density at radius 3 is 2.84 bits per heavy atom. The maximum absolute atomic E-state index is 11.0. The van der Waals surface area contributed by atoms with Gasteiger partial charge >= 0.3 is 5.97 Å². The van der Waals surface area contributed by atoms with E-state index in [1.807, 2.05) is 16.8 Å². The van der Waals surface area contributed by atoms with Gasteiger partial charge in [0.05, 0.1) is 11.1 Å². The lowest BCUT2D eigenvalue weighted by atomic mass is 10.1. The van der Waals surface area contributed by atoms with Crippen LogP contribution in [0.15, 0.2) is 40.5 Å². The minimum atomic E-state index is -0.932. The standard InChI is InChI=1S/C13H8N2O2S2/c16-13(17)9-3-1-2-8(4-9)12-15-11(6-19-12)10-5-18-7-14-10/h1-7H,(H,16,17). The summed E-state index contributed by atoms with van der Waals surface area (Å²) in [6.07, 6.45) is 0. The first-order chi connectivity index (χ1) is 9.24. The van der Waals surface area contributed by atoms with Gasteiger partial charge in [0.2, 0.25) is 0 Å². The van der Waals surface area contributed by atoms with Gasteiger partial charge in [0.1, 0.15) is 16.4 Å². The van der Waals surface area contributed by atoms with E-state index in [4.69, 9.17) is 5.11 Å². The van der Waals surface area contributed by atoms with E-state index in [0.717, 1.165) is 22.0 Å². The summed E-state index contributed by atoms with van der Waals surface area (Å²) < 4.78 is 0. The number of aromatic nitrogens is 2. The molecule has 4 nitrogen and oxygen atoms in total. The van der Waals surface area contributed by atoms with E-state index in [9.17, 15) is 4.79 Å². The van der Waals surface area contributed by atoms with E-state index in [1.54, 1.807) is 23.7 Å². The fraction of sp³-hybridized carbons (Fsp3) is 0. The highest BCUT2D eigenvalue weighted by molar-refractivity contribution is 7.13. The third-order valence-corrected chi connectivity index (χ3v) is 4.03. The van der Waals surface area contributed by atoms with Crippen molar-refractivity contribution in [2.45, 2.75) is 0 Å². The lowest BCUT2D eigenvalue weighted by molar-refractivity contribution is 0.0697. The van der Waals surface area contributed by atoms with Crippen molar-refractivity contribution < 1.29 is 9.90 Å². The molecule has 0 atom stereocenters. The third-order valence-electron chi connectivity index (χ3n) is 2.56. The van der Waals surface area contributed by atoms with Crippen molar-refractivity contribution in [3.63, 3.8) is 0 Å².